The third-order valence-electron chi connectivity index (χ3n) is 5.22. The first-order chi connectivity index (χ1) is 10.1. The Bertz CT molecular complexity index is 414. The Morgan fingerprint density at radius 1 is 1.05 bits per heavy atom. The van der Waals surface area contributed by atoms with Crippen LogP contribution < -0.4 is 5.32 Å². The van der Waals surface area contributed by atoms with E-state index in [4.69, 9.17) is 0 Å². The average Bonchev–Trinajstić information content (AvgIpc) is 2.72. The topological polar surface area (TPSA) is 15.3 Å². The number of nitrogens with zero attached hydrogens (tertiary/aromatic N) is 1. The Morgan fingerprint density at radius 3 is 2.10 bits per heavy atom. The van der Waals surface area contributed by atoms with Gasteiger partial charge in [0, 0.05) is 5.54 Å². The predicted octanol–water partition coefficient (Wildman–Crippen LogP) is 4.30. The summed E-state index contributed by atoms with van der Waals surface area (Å²) < 4.78 is 0. The fourth-order valence-electron chi connectivity index (χ4n) is 3.92. The van der Waals surface area contributed by atoms with E-state index in [9.17, 15) is 0 Å². The molecule has 2 heteroatoms. The Kier molecular flexibility index (Phi) is 5.83. The molecule has 1 fully saturated rings. The molecule has 1 aromatic carbocycles. The van der Waals surface area contributed by atoms with Gasteiger partial charge in [0.1, 0.15) is 0 Å². The number of rotatable bonds is 5. The van der Waals surface area contributed by atoms with Crippen LogP contribution >= 0.6 is 0 Å². The molecule has 1 aliphatic carbocycles. The summed E-state index contributed by atoms with van der Waals surface area (Å²) >= 11 is 0. The molecule has 0 spiro atoms. The molecule has 1 N–H and O–H groups in total. The van der Waals surface area contributed by atoms with Gasteiger partial charge in [-0.05, 0) is 46.0 Å². The van der Waals surface area contributed by atoms with Crippen molar-refractivity contribution in [3.05, 3.63) is 35.4 Å². The fraction of sp³-hybridized carbons (Fsp3) is 0.684. The van der Waals surface area contributed by atoms with Crippen molar-refractivity contribution in [1.82, 2.24) is 10.2 Å². The standard InChI is InChI=1S/C19H32N2/c1-5-20-18(17-12-10-16(2)11-13-17)19(21(3)4)14-8-6-7-9-15-19/h10-13,18,20H,5-9,14-15H2,1-4H3. The molecular weight excluding hydrogens is 256 g/mol. The van der Waals surface area contributed by atoms with E-state index in [1.54, 1.807) is 0 Å². The molecule has 1 saturated carbocycles. The van der Waals surface area contributed by atoms with Gasteiger partial charge in [-0.25, -0.2) is 0 Å². The first-order valence-electron chi connectivity index (χ1n) is 8.57. The number of likely N-dealkylation sites (N-methyl/N-ethyl adjacent to an activating group) is 2. The van der Waals surface area contributed by atoms with Crippen LogP contribution in [0.15, 0.2) is 24.3 Å². The van der Waals surface area contributed by atoms with E-state index in [1.807, 2.05) is 0 Å². The van der Waals surface area contributed by atoms with Gasteiger partial charge in [0.15, 0.2) is 0 Å². The third-order valence-corrected chi connectivity index (χ3v) is 5.22. The number of nitrogens with one attached hydrogen (secondary N) is 1. The Hall–Kier alpha value is -0.860. The van der Waals surface area contributed by atoms with E-state index in [2.05, 4.69) is 62.4 Å². The van der Waals surface area contributed by atoms with Gasteiger partial charge in [-0.2, -0.15) is 0 Å². The molecular formula is C19H32N2. The highest BCUT2D eigenvalue weighted by atomic mass is 15.2. The molecule has 0 heterocycles. The number of aryl methyl sites for hydroxylation is 1. The van der Waals surface area contributed by atoms with Crippen LogP contribution in [-0.2, 0) is 0 Å². The quantitative estimate of drug-likeness (QED) is 0.813. The van der Waals surface area contributed by atoms with Crippen LogP contribution in [0.3, 0.4) is 0 Å². The van der Waals surface area contributed by atoms with Crippen molar-refractivity contribution < 1.29 is 0 Å². The zero-order chi connectivity index (χ0) is 15.3. The Balaban J connectivity index is 2.38. The van der Waals surface area contributed by atoms with Crippen molar-refractivity contribution >= 4 is 0 Å². The van der Waals surface area contributed by atoms with Crippen LogP contribution in [0.5, 0.6) is 0 Å². The van der Waals surface area contributed by atoms with Crippen LogP contribution in [0.2, 0.25) is 0 Å². The number of hydrogen-bond acceptors (Lipinski definition) is 2. The minimum atomic E-state index is 0.252. The van der Waals surface area contributed by atoms with Gasteiger partial charge in [0.25, 0.3) is 0 Å². The van der Waals surface area contributed by atoms with Crippen molar-refractivity contribution in [1.29, 1.82) is 0 Å². The summed E-state index contributed by atoms with van der Waals surface area (Å²) in [5.41, 5.74) is 3.04. The summed E-state index contributed by atoms with van der Waals surface area (Å²) in [6, 6.07) is 9.56. The van der Waals surface area contributed by atoms with E-state index in [0.29, 0.717) is 6.04 Å². The van der Waals surface area contributed by atoms with Crippen molar-refractivity contribution in [2.45, 2.75) is 64.0 Å². The summed E-state index contributed by atoms with van der Waals surface area (Å²) in [5, 5.41) is 3.80. The normalized spacial score (nSPS) is 20.2. The molecule has 0 radical (unpaired) electrons. The number of benzene rings is 1. The van der Waals surface area contributed by atoms with E-state index < -0.39 is 0 Å². The average molecular weight is 288 g/mol. The molecule has 2 nitrogen and oxygen atoms in total. The molecule has 1 unspecified atom stereocenters. The fourth-order valence-corrected chi connectivity index (χ4v) is 3.92. The molecule has 0 aliphatic heterocycles. The summed E-state index contributed by atoms with van der Waals surface area (Å²) in [6.07, 6.45) is 8.08. The van der Waals surface area contributed by atoms with Gasteiger partial charge < -0.3 is 10.2 Å². The summed E-state index contributed by atoms with van der Waals surface area (Å²) in [4.78, 5) is 2.49. The molecule has 21 heavy (non-hydrogen) atoms. The largest absolute Gasteiger partial charge is 0.309 e. The second-order valence-electron chi connectivity index (χ2n) is 6.81. The molecule has 118 valence electrons. The van der Waals surface area contributed by atoms with Crippen molar-refractivity contribution in [2.24, 2.45) is 0 Å². The lowest BCUT2D eigenvalue weighted by atomic mass is 9.78. The summed E-state index contributed by atoms with van der Waals surface area (Å²) in [5.74, 6) is 0. The van der Waals surface area contributed by atoms with Gasteiger partial charge in [-0.1, -0.05) is 62.4 Å². The first-order valence-corrected chi connectivity index (χ1v) is 8.57. The lowest BCUT2D eigenvalue weighted by Crippen LogP contribution is -2.53. The maximum Gasteiger partial charge on any atom is 0.0506 e. The highest BCUT2D eigenvalue weighted by Gasteiger charge is 2.41. The zero-order valence-electron chi connectivity index (χ0n) is 14.3. The SMILES string of the molecule is CCNC(c1ccc(C)cc1)C1(N(C)C)CCCCCC1. The minimum absolute atomic E-state index is 0.252. The molecule has 1 atom stereocenters. The zero-order valence-corrected chi connectivity index (χ0v) is 14.3. The van der Waals surface area contributed by atoms with Gasteiger partial charge in [0.05, 0.1) is 6.04 Å². The molecule has 0 saturated heterocycles. The monoisotopic (exact) mass is 288 g/mol. The Labute approximate surface area is 130 Å². The molecule has 1 aromatic rings. The van der Waals surface area contributed by atoms with Crippen LogP contribution in [-0.4, -0.2) is 31.1 Å². The third kappa shape index (κ3) is 3.67. The van der Waals surface area contributed by atoms with Gasteiger partial charge in [0.2, 0.25) is 0 Å². The lowest BCUT2D eigenvalue weighted by Gasteiger charge is -2.46. The van der Waals surface area contributed by atoms with Crippen LogP contribution in [0.25, 0.3) is 0 Å². The molecule has 1 aliphatic rings. The van der Waals surface area contributed by atoms with Gasteiger partial charge in [-0.3, -0.25) is 0 Å². The van der Waals surface area contributed by atoms with Crippen molar-refractivity contribution in [3.63, 3.8) is 0 Å². The molecule has 0 aromatic heterocycles. The number of hydrogen-bond donors (Lipinski definition) is 1. The van der Waals surface area contributed by atoms with Crippen molar-refractivity contribution in [3.8, 4) is 0 Å². The molecule has 2 rings (SSSR count). The summed E-state index contributed by atoms with van der Waals surface area (Å²) in [7, 11) is 4.54. The van der Waals surface area contributed by atoms with Crippen LogP contribution in [0.1, 0.15) is 62.6 Å². The van der Waals surface area contributed by atoms with Gasteiger partial charge in [-0.15, -0.1) is 0 Å². The highest BCUT2D eigenvalue weighted by Crippen LogP contribution is 2.41. The van der Waals surface area contributed by atoms with E-state index in [0.717, 1.165) is 6.54 Å². The minimum Gasteiger partial charge on any atom is -0.309 e. The first kappa shape index (κ1) is 16.5. The van der Waals surface area contributed by atoms with E-state index >= 15 is 0 Å². The van der Waals surface area contributed by atoms with E-state index in [1.165, 1.54) is 49.7 Å². The second kappa shape index (κ2) is 7.42. The molecule has 0 bridgehead atoms. The Morgan fingerprint density at radius 2 is 1.62 bits per heavy atom. The van der Waals surface area contributed by atoms with Crippen LogP contribution in [0, 0.1) is 6.92 Å². The second-order valence-corrected chi connectivity index (χ2v) is 6.81. The maximum absolute atomic E-state index is 3.80. The lowest BCUT2D eigenvalue weighted by molar-refractivity contribution is 0.0807. The van der Waals surface area contributed by atoms with Crippen LogP contribution in [0.4, 0.5) is 0 Å². The van der Waals surface area contributed by atoms with Gasteiger partial charge >= 0.3 is 0 Å². The highest BCUT2D eigenvalue weighted by molar-refractivity contribution is 5.27. The van der Waals surface area contributed by atoms with E-state index in [-0.39, 0.29) is 5.54 Å². The summed E-state index contributed by atoms with van der Waals surface area (Å²) in [6.45, 7) is 5.41. The predicted molar refractivity (Wildman–Crippen MR) is 91.7 cm³/mol. The molecule has 0 amide bonds. The maximum atomic E-state index is 3.80. The smallest absolute Gasteiger partial charge is 0.0506 e. The van der Waals surface area contributed by atoms with Crippen molar-refractivity contribution in [2.75, 3.05) is 20.6 Å².